The summed E-state index contributed by atoms with van der Waals surface area (Å²) in [7, 11) is 1.93. The molecule has 0 saturated carbocycles. The highest BCUT2D eigenvalue weighted by atomic mass is 16.3. The minimum Gasteiger partial charge on any atom is -0.508 e. The maximum atomic E-state index is 9.31. The minimum atomic E-state index is 0.275. The van der Waals surface area contributed by atoms with Gasteiger partial charge in [0.1, 0.15) is 17.1 Å². The monoisotopic (exact) mass is 205 g/mol. The number of hydrogen-bond donors (Lipinski definition) is 2. The van der Waals surface area contributed by atoms with Crippen molar-refractivity contribution in [3.63, 3.8) is 0 Å². The zero-order valence-corrected chi connectivity index (χ0v) is 8.95. The quantitative estimate of drug-likeness (QED) is 0.808. The Kier molecular flexibility index (Phi) is 2.64. The van der Waals surface area contributed by atoms with Crippen LogP contribution in [-0.2, 0) is 6.42 Å². The molecule has 0 aliphatic heterocycles. The van der Waals surface area contributed by atoms with E-state index < -0.39 is 0 Å². The molecule has 2 N–H and O–H groups in total. The molecular weight excluding hydrogens is 190 g/mol. The van der Waals surface area contributed by atoms with Gasteiger partial charge in [0, 0.05) is 17.8 Å². The van der Waals surface area contributed by atoms with Crippen molar-refractivity contribution in [3.05, 3.63) is 30.0 Å². The van der Waals surface area contributed by atoms with Gasteiger partial charge in [-0.15, -0.1) is 0 Å². The molecule has 0 bridgehead atoms. The van der Waals surface area contributed by atoms with Crippen LogP contribution in [0, 0.1) is 0 Å². The second-order valence-electron chi connectivity index (χ2n) is 3.83. The van der Waals surface area contributed by atoms with E-state index in [1.807, 2.05) is 13.1 Å². The van der Waals surface area contributed by atoms with Gasteiger partial charge in [0.05, 0.1) is 0 Å². The van der Waals surface area contributed by atoms with E-state index >= 15 is 0 Å². The minimum absolute atomic E-state index is 0.275. The van der Waals surface area contributed by atoms with Crippen LogP contribution in [0.3, 0.4) is 0 Å². The second-order valence-corrected chi connectivity index (χ2v) is 3.83. The third-order valence-electron chi connectivity index (χ3n) is 2.55. The van der Waals surface area contributed by atoms with Crippen LogP contribution in [0.2, 0.25) is 0 Å². The molecule has 0 aliphatic carbocycles. The molecule has 0 spiro atoms. The molecule has 0 saturated heterocycles. The predicted octanol–water partition coefficient (Wildman–Crippen LogP) is 2.29. The molecule has 2 rings (SSSR count). The Morgan fingerprint density at radius 3 is 2.93 bits per heavy atom. The van der Waals surface area contributed by atoms with Crippen molar-refractivity contribution in [3.8, 4) is 5.75 Å². The lowest BCUT2D eigenvalue weighted by Crippen LogP contribution is -2.23. The fourth-order valence-electron chi connectivity index (χ4n) is 1.59. The van der Waals surface area contributed by atoms with E-state index in [-0.39, 0.29) is 5.75 Å². The maximum absolute atomic E-state index is 9.31. The summed E-state index contributed by atoms with van der Waals surface area (Å²) in [6.45, 7) is 2.10. The van der Waals surface area contributed by atoms with Crippen LogP contribution in [0.5, 0.6) is 5.75 Å². The van der Waals surface area contributed by atoms with E-state index in [0.29, 0.717) is 6.04 Å². The van der Waals surface area contributed by atoms with Gasteiger partial charge in [0.2, 0.25) is 0 Å². The zero-order chi connectivity index (χ0) is 10.8. The third-order valence-corrected chi connectivity index (χ3v) is 2.55. The largest absolute Gasteiger partial charge is 0.508 e. The van der Waals surface area contributed by atoms with Crippen LogP contribution in [0.15, 0.2) is 28.7 Å². The van der Waals surface area contributed by atoms with E-state index in [4.69, 9.17) is 4.42 Å². The molecule has 1 heterocycles. The average molecular weight is 205 g/mol. The number of hydrogen-bond acceptors (Lipinski definition) is 3. The first-order valence-electron chi connectivity index (χ1n) is 5.08. The zero-order valence-electron chi connectivity index (χ0n) is 8.95. The number of phenols is 1. The summed E-state index contributed by atoms with van der Waals surface area (Å²) in [6, 6.07) is 7.50. The van der Waals surface area contributed by atoms with Gasteiger partial charge >= 0.3 is 0 Å². The lowest BCUT2D eigenvalue weighted by molar-refractivity contribution is 0.475. The smallest absolute Gasteiger partial charge is 0.134 e. The molecule has 0 fully saturated rings. The van der Waals surface area contributed by atoms with Crippen molar-refractivity contribution in [2.75, 3.05) is 7.05 Å². The van der Waals surface area contributed by atoms with Gasteiger partial charge in [-0.05, 0) is 38.2 Å². The molecule has 15 heavy (non-hydrogen) atoms. The Labute approximate surface area is 88.7 Å². The molecule has 2 aromatic rings. The van der Waals surface area contributed by atoms with Crippen LogP contribution in [0.4, 0.5) is 0 Å². The summed E-state index contributed by atoms with van der Waals surface area (Å²) >= 11 is 0. The second kappa shape index (κ2) is 3.95. The van der Waals surface area contributed by atoms with E-state index in [0.717, 1.165) is 23.2 Å². The third kappa shape index (κ3) is 2.13. The number of benzene rings is 1. The number of phenolic OH excluding ortho intramolecular Hbond substituents is 1. The SMILES string of the molecule is CNC(C)Cc1cc2cc(O)ccc2o1. The molecule has 0 radical (unpaired) electrons. The van der Waals surface area contributed by atoms with Crippen molar-refractivity contribution in [2.45, 2.75) is 19.4 Å². The van der Waals surface area contributed by atoms with Gasteiger partial charge in [0.25, 0.3) is 0 Å². The summed E-state index contributed by atoms with van der Waals surface area (Å²) in [5.74, 6) is 1.22. The standard InChI is InChI=1S/C12H15NO2/c1-8(13-2)5-11-7-9-6-10(14)3-4-12(9)15-11/h3-4,6-8,13-14H,5H2,1-2H3. The number of fused-ring (bicyclic) bond motifs is 1. The van der Waals surface area contributed by atoms with Crippen LogP contribution >= 0.6 is 0 Å². The highest BCUT2D eigenvalue weighted by molar-refractivity contribution is 5.79. The van der Waals surface area contributed by atoms with Crippen LogP contribution in [0.1, 0.15) is 12.7 Å². The normalized spacial score (nSPS) is 13.2. The predicted molar refractivity (Wildman–Crippen MR) is 60.1 cm³/mol. The summed E-state index contributed by atoms with van der Waals surface area (Å²) < 4.78 is 5.64. The van der Waals surface area contributed by atoms with Crippen molar-refractivity contribution >= 4 is 11.0 Å². The van der Waals surface area contributed by atoms with E-state index in [1.54, 1.807) is 18.2 Å². The first-order chi connectivity index (χ1) is 7.19. The lowest BCUT2D eigenvalue weighted by atomic mass is 10.2. The Morgan fingerprint density at radius 2 is 2.20 bits per heavy atom. The molecule has 0 aliphatic rings. The fourth-order valence-corrected chi connectivity index (χ4v) is 1.59. The van der Waals surface area contributed by atoms with E-state index in [9.17, 15) is 5.11 Å². The van der Waals surface area contributed by atoms with Gasteiger partial charge < -0.3 is 14.8 Å². The van der Waals surface area contributed by atoms with Gasteiger partial charge in [-0.25, -0.2) is 0 Å². The molecule has 0 amide bonds. The lowest BCUT2D eigenvalue weighted by Gasteiger charge is -2.06. The summed E-state index contributed by atoms with van der Waals surface area (Å²) in [5, 5.41) is 13.4. The Bertz CT molecular complexity index is 462. The topological polar surface area (TPSA) is 45.4 Å². The van der Waals surface area contributed by atoms with Crippen molar-refractivity contribution in [2.24, 2.45) is 0 Å². The molecular formula is C12H15NO2. The van der Waals surface area contributed by atoms with Crippen molar-refractivity contribution in [1.82, 2.24) is 5.32 Å². The fraction of sp³-hybridized carbons (Fsp3) is 0.333. The summed E-state index contributed by atoms with van der Waals surface area (Å²) in [5.41, 5.74) is 0.825. The number of rotatable bonds is 3. The first-order valence-corrected chi connectivity index (χ1v) is 5.08. The molecule has 80 valence electrons. The highest BCUT2D eigenvalue weighted by Gasteiger charge is 2.07. The van der Waals surface area contributed by atoms with Gasteiger partial charge in [-0.2, -0.15) is 0 Å². The summed E-state index contributed by atoms with van der Waals surface area (Å²) in [6.07, 6.45) is 0.853. The van der Waals surface area contributed by atoms with E-state index in [2.05, 4.69) is 12.2 Å². The van der Waals surface area contributed by atoms with E-state index in [1.165, 1.54) is 0 Å². The van der Waals surface area contributed by atoms with Crippen molar-refractivity contribution < 1.29 is 9.52 Å². The Balaban J connectivity index is 2.30. The maximum Gasteiger partial charge on any atom is 0.134 e. The first kappa shape index (κ1) is 10.1. The number of furan rings is 1. The van der Waals surface area contributed by atoms with Gasteiger partial charge in [-0.1, -0.05) is 0 Å². The molecule has 1 aromatic carbocycles. The molecule has 3 nitrogen and oxygen atoms in total. The van der Waals surface area contributed by atoms with Gasteiger partial charge in [0.15, 0.2) is 0 Å². The Hall–Kier alpha value is -1.48. The molecule has 1 unspecified atom stereocenters. The molecule has 3 heteroatoms. The van der Waals surface area contributed by atoms with Crippen molar-refractivity contribution in [1.29, 1.82) is 0 Å². The van der Waals surface area contributed by atoms with Crippen LogP contribution < -0.4 is 5.32 Å². The van der Waals surface area contributed by atoms with Gasteiger partial charge in [-0.3, -0.25) is 0 Å². The van der Waals surface area contributed by atoms with Crippen LogP contribution in [0.25, 0.3) is 11.0 Å². The molecule has 1 atom stereocenters. The molecule has 1 aromatic heterocycles. The highest BCUT2D eigenvalue weighted by Crippen LogP contribution is 2.24. The average Bonchev–Trinajstić information content (AvgIpc) is 2.59. The summed E-state index contributed by atoms with van der Waals surface area (Å²) in [4.78, 5) is 0. The number of nitrogens with one attached hydrogen (secondary N) is 1. The van der Waals surface area contributed by atoms with Crippen LogP contribution in [-0.4, -0.2) is 18.2 Å². The Morgan fingerprint density at radius 1 is 1.40 bits per heavy atom. The number of aromatic hydroxyl groups is 1. The number of likely N-dealkylation sites (N-methyl/N-ethyl adjacent to an activating group) is 1.